The Hall–Kier alpha value is -1.04. The molecule has 0 spiro atoms. The zero-order valence-corrected chi connectivity index (χ0v) is 8.08. The predicted molar refractivity (Wildman–Crippen MR) is 57.5 cm³/mol. The van der Waals surface area contributed by atoms with Gasteiger partial charge in [0.05, 0.1) is 0 Å². The van der Waals surface area contributed by atoms with Crippen LogP contribution in [0.2, 0.25) is 0 Å². The molecule has 0 fully saturated rings. The summed E-state index contributed by atoms with van der Waals surface area (Å²) in [5.41, 5.74) is 1.44. The molecular weight excluding hydrogens is 156 g/mol. The summed E-state index contributed by atoms with van der Waals surface area (Å²) in [5, 5.41) is 0. The molecule has 1 aromatic carbocycles. The molecule has 0 aromatic heterocycles. The van der Waals surface area contributed by atoms with E-state index in [2.05, 4.69) is 30.3 Å². The molecule has 0 bridgehead atoms. The van der Waals surface area contributed by atoms with Crippen molar-refractivity contribution in [3.8, 4) is 0 Å². The number of allylic oxidation sites excluding steroid dienone is 1. The third kappa shape index (κ3) is 4.51. The lowest BCUT2D eigenvalue weighted by Crippen LogP contribution is -1.84. The number of benzene rings is 1. The topological polar surface area (TPSA) is 0 Å². The van der Waals surface area contributed by atoms with Crippen molar-refractivity contribution in [2.24, 2.45) is 0 Å². The Labute approximate surface area is 81.3 Å². The van der Waals surface area contributed by atoms with Crippen molar-refractivity contribution < 1.29 is 0 Å². The summed E-state index contributed by atoms with van der Waals surface area (Å²) in [6.45, 7) is 5.30. The van der Waals surface area contributed by atoms with Gasteiger partial charge in [-0.05, 0) is 31.2 Å². The lowest BCUT2D eigenvalue weighted by Gasteiger charge is -1.99. The highest BCUT2D eigenvalue weighted by Gasteiger charge is 1.91. The first kappa shape index (κ1) is 10.0. The van der Waals surface area contributed by atoms with Gasteiger partial charge in [-0.15, -0.1) is 0 Å². The second-order valence-corrected chi connectivity index (χ2v) is 3.32. The van der Waals surface area contributed by atoms with E-state index < -0.39 is 0 Å². The molecular formula is C13H17. The van der Waals surface area contributed by atoms with Crippen LogP contribution in [0.15, 0.2) is 36.4 Å². The van der Waals surface area contributed by atoms with E-state index in [4.69, 9.17) is 6.58 Å². The Kier molecular flexibility index (Phi) is 5.00. The molecule has 1 aromatic rings. The lowest BCUT2D eigenvalue weighted by atomic mass is 10.1. The Balaban J connectivity index is 2.10. The van der Waals surface area contributed by atoms with Crippen molar-refractivity contribution in [1.82, 2.24) is 0 Å². The SMILES string of the molecule is [CH]=CCCCCCc1ccccc1. The standard InChI is InChI=1S/C13H17/c1-2-3-4-5-7-10-13-11-8-6-9-12-13/h1-2,6,8-9,11-12H,3-5,7,10H2. The molecule has 0 unspecified atom stereocenters. The summed E-state index contributed by atoms with van der Waals surface area (Å²) in [5.74, 6) is 0. The van der Waals surface area contributed by atoms with Gasteiger partial charge >= 0.3 is 0 Å². The molecule has 0 atom stereocenters. The van der Waals surface area contributed by atoms with Gasteiger partial charge in [0.1, 0.15) is 0 Å². The lowest BCUT2D eigenvalue weighted by molar-refractivity contribution is 0.687. The van der Waals surface area contributed by atoms with Crippen molar-refractivity contribution in [2.75, 3.05) is 0 Å². The molecule has 13 heavy (non-hydrogen) atoms. The fraction of sp³-hybridized carbons (Fsp3) is 0.385. The van der Waals surface area contributed by atoms with Gasteiger partial charge < -0.3 is 0 Å². The van der Waals surface area contributed by atoms with E-state index >= 15 is 0 Å². The van der Waals surface area contributed by atoms with Crippen LogP contribution in [0.5, 0.6) is 0 Å². The van der Waals surface area contributed by atoms with Gasteiger partial charge in [0, 0.05) is 0 Å². The Morgan fingerprint density at radius 2 is 1.77 bits per heavy atom. The van der Waals surface area contributed by atoms with Crippen LogP contribution in [0.3, 0.4) is 0 Å². The average molecular weight is 173 g/mol. The van der Waals surface area contributed by atoms with E-state index in [9.17, 15) is 0 Å². The molecule has 0 aliphatic rings. The van der Waals surface area contributed by atoms with E-state index in [0.29, 0.717) is 0 Å². The number of unbranched alkanes of at least 4 members (excludes halogenated alkanes) is 3. The largest absolute Gasteiger partial charge is 0.0845 e. The monoisotopic (exact) mass is 173 g/mol. The number of rotatable bonds is 6. The molecule has 0 heteroatoms. The minimum Gasteiger partial charge on any atom is -0.0845 e. The summed E-state index contributed by atoms with van der Waals surface area (Å²) in [7, 11) is 0. The fourth-order valence-electron chi connectivity index (χ4n) is 1.41. The highest BCUT2D eigenvalue weighted by Crippen LogP contribution is 2.07. The third-order valence-corrected chi connectivity index (χ3v) is 2.18. The van der Waals surface area contributed by atoms with Gasteiger partial charge in [-0.25, -0.2) is 0 Å². The summed E-state index contributed by atoms with van der Waals surface area (Å²) in [6.07, 6.45) is 7.78. The smallest absolute Gasteiger partial charge is 0.0279 e. The van der Waals surface area contributed by atoms with E-state index in [-0.39, 0.29) is 0 Å². The minimum absolute atomic E-state index is 1.05. The zero-order valence-electron chi connectivity index (χ0n) is 8.08. The van der Waals surface area contributed by atoms with Gasteiger partial charge in [-0.2, -0.15) is 0 Å². The predicted octanol–water partition coefficient (Wildman–Crippen LogP) is 3.78. The van der Waals surface area contributed by atoms with Crippen LogP contribution < -0.4 is 0 Å². The van der Waals surface area contributed by atoms with Gasteiger partial charge in [0.2, 0.25) is 0 Å². The van der Waals surface area contributed by atoms with Crippen LogP contribution in [0.4, 0.5) is 0 Å². The molecule has 0 saturated carbocycles. The number of hydrogen-bond donors (Lipinski definition) is 0. The van der Waals surface area contributed by atoms with Crippen molar-refractivity contribution in [2.45, 2.75) is 32.1 Å². The summed E-state index contributed by atoms with van der Waals surface area (Å²) in [4.78, 5) is 0. The van der Waals surface area contributed by atoms with Gasteiger partial charge in [-0.3, -0.25) is 0 Å². The Bertz CT molecular complexity index is 223. The van der Waals surface area contributed by atoms with Crippen molar-refractivity contribution in [1.29, 1.82) is 0 Å². The normalized spacial score (nSPS) is 9.85. The quantitative estimate of drug-likeness (QED) is 0.574. The Morgan fingerprint density at radius 1 is 1.00 bits per heavy atom. The first-order valence-electron chi connectivity index (χ1n) is 5.01. The molecule has 1 radical (unpaired) electrons. The van der Waals surface area contributed by atoms with E-state index in [1.165, 1.54) is 31.2 Å². The fourth-order valence-corrected chi connectivity index (χ4v) is 1.41. The minimum atomic E-state index is 1.05. The summed E-state index contributed by atoms with van der Waals surface area (Å²) >= 11 is 0. The third-order valence-electron chi connectivity index (χ3n) is 2.18. The van der Waals surface area contributed by atoms with E-state index in [1.807, 2.05) is 0 Å². The van der Waals surface area contributed by atoms with Crippen LogP contribution in [0.1, 0.15) is 31.2 Å². The molecule has 0 aliphatic carbocycles. The van der Waals surface area contributed by atoms with E-state index in [1.54, 1.807) is 6.08 Å². The Morgan fingerprint density at radius 3 is 2.46 bits per heavy atom. The average Bonchev–Trinajstić information content (AvgIpc) is 2.19. The molecule has 69 valence electrons. The second-order valence-electron chi connectivity index (χ2n) is 3.32. The molecule has 1 rings (SSSR count). The first-order valence-corrected chi connectivity index (χ1v) is 5.01. The van der Waals surface area contributed by atoms with Crippen molar-refractivity contribution >= 4 is 0 Å². The molecule has 0 amide bonds. The molecule has 0 N–H and O–H groups in total. The summed E-state index contributed by atoms with van der Waals surface area (Å²) in [6, 6.07) is 10.6. The van der Waals surface area contributed by atoms with Crippen LogP contribution in [0.25, 0.3) is 0 Å². The van der Waals surface area contributed by atoms with Crippen LogP contribution in [-0.2, 0) is 6.42 Å². The van der Waals surface area contributed by atoms with Crippen molar-refractivity contribution in [3.63, 3.8) is 0 Å². The highest BCUT2D eigenvalue weighted by molar-refractivity contribution is 5.14. The molecule has 0 nitrogen and oxygen atoms in total. The maximum Gasteiger partial charge on any atom is -0.0279 e. The summed E-state index contributed by atoms with van der Waals surface area (Å²) < 4.78 is 0. The second kappa shape index (κ2) is 6.47. The molecule has 0 saturated heterocycles. The van der Waals surface area contributed by atoms with Gasteiger partial charge in [-0.1, -0.05) is 49.4 Å². The van der Waals surface area contributed by atoms with Crippen LogP contribution in [0, 0.1) is 6.58 Å². The molecule has 0 heterocycles. The van der Waals surface area contributed by atoms with Crippen LogP contribution in [-0.4, -0.2) is 0 Å². The van der Waals surface area contributed by atoms with E-state index in [0.717, 1.165) is 6.42 Å². The highest BCUT2D eigenvalue weighted by atomic mass is 14.0. The van der Waals surface area contributed by atoms with Crippen LogP contribution >= 0.6 is 0 Å². The maximum atomic E-state index is 5.30. The molecule has 0 aliphatic heterocycles. The first-order chi connectivity index (χ1) is 6.43. The van der Waals surface area contributed by atoms with Gasteiger partial charge in [0.15, 0.2) is 0 Å². The number of aryl methyl sites for hydroxylation is 1. The zero-order chi connectivity index (χ0) is 9.36. The maximum absolute atomic E-state index is 5.30. The van der Waals surface area contributed by atoms with Crippen molar-refractivity contribution in [3.05, 3.63) is 48.6 Å². The van der Waals surface area contributed by atoms with Gasteiger partial charge in [0.25, 0.3) is 0 Å². The number of hydrogen-bond acceptors (Lipinski definition) is 0.